The Balaban J connectivity index is 1.57. The SMILES string of the molecule is Cc1cc(Br)cnc1N1CCC(NC(=O)c2cnccn2)CC1. The normalized spacial score (nSPS) is 15.5. The van der Waals surface area contributed by atoms with Gasteiger partial charge in [0.25, 0.3) is 5.91 Å². The molecule has 1 amide bonds. The number of aromatic nitrogens is 3. The van der Waals surface area contributed by atoms with Crippen molar-refractivity contribution in [1.82, 2.24) is 20.3 Å². The van der Waals surface area contributed by atoms with Gasteiger partial charge < -0.3 is 10.2 Å². The molecule has 0 unspecified atom stereocenters. The highest BCUT2D eigenvalue weighted by atomic mass is 79.9. The van der Waals surface area contributed by atoms with Gasteiger partial charge in [-0.2, -0.15) is 0 Å². The summed E-state index contributed by atoms with van der Waals surface area (Å²) in [5.74, 6) is 0.862. The van der Waals surface area contributed by atoms with Crippen molar-refractivity contribution in [3.63, 3.8) is 0 Å². The molecule has 7 heteroatoms. The minimum atomic E-state index is -0.158. The Kier molecular flexibility index (Phi) is 4.85. The fraction of sp³-hybridized carbons (Fsp3) is 0.375. The highest BCUT2D eigenvalue weighted by Crippen LogP contribution is 2.23. The number of rotatable bonds is 3. The van der Waals surface area contributed by atoms with Crippen molar-refractivity contribution in [3.8, 4) is 0 Å². The van der Waals surface area contributed by atoms with Crippen LogP contribution in [0.3, 0.4) is 0 Å². The molecule has 0 radical (unpaired) electrons. The maximum absolute atomic E-state index is 12.1. The quantitative estimate of drug-likeness (QED) is 0.891. The van der Waals surface area contributed by atoms with Crippen LogP contribution in [0.15, 0.2) is 35.3 Å². The molecular weight excluding hydrogens is 358 g/mol. The Hall–Kier alpha value is -2.02. The molecule has 23 heavy (non-hydrogen) atoms. The molecule has 3 heterocycles. The van der Waals surface area contributed by atoms with Crippen LogP contribution in [0.4, 0.5) is 5.82 Å². The van der Waals surface area contributed by atoms with Crippen LogP contribution in [0.25, 0.3) is 0 Å². The molecular formula is C16H18BrN5O. The van der Waals surface area contributed by atoms with E-state index in [0.717, 1.165) is 41.8 Å². The zero-order valence-corrected chi connectivity index (χ0v) is 14.5. The first-order chi connectivity index (χ1) is 11.1. The van der Waals surface area contributed by atoms with Crippen LogP contribution < -0.4 is 10.2 Å². The number of carbonyl (C=O) groups excluding carboxylic acids is 1. The first-order valence-electron chi connectivity index (χ1n) is 7.57. The molecule has 0 atom stereocenters. The van der Waals surface area contributed by atoms with Crippen molar-refractivity contribution in [3.05, 3.63) is 46.6 Å². The topological polar surface area (TPSA) is 71.0 Å². The van der Waals surface area contributed by atoms with Crippen molar-refractivity contribution in [1.29, 1.82) is 0 Å². The Morgan fingerprint density at radius 2 is 2.04 bits per heavy atom. The van der Waals surface area contributed by atoms with Crippen LogP contribution in [0.2, 0.25) is 0 Å². The highest BCUT2D eigenvalue weighted by Gasteiger charge is 2.23. The predicted octanol–water partition coefficient (Wildman–Crippen LogP) is 2.34. The number of nitrogens with zero attached hydrogens (tertiary/aromatic N) is 4. The monoisotopic (exact) mass is 375 g/mol. The van der Waals surface area contributed by atoms with Crippen molar-refractivity contribution in [2.45, 2.75) is 25.8 Å². The number of anilines is 1. The summed E-state index contributed by atoms with van der Waals surface area (Å²) in [7, 11) is 0. The standard InChI is InChI=1S/C16H18BrN5O/c1-11-8-12(17)9-20-15(11)22-6-2-13(3-7-22)21-16(23)14-10-18-4-5-19-14/h4-5,8-10,13H,2-3,6-7H2,1H3,(H,21,23). The lowest BCUT2D eigenvalue weighted by atomic mass is 10.0. The molecule has 6 nitrogen and oxygen atoms in total. The summed E-state index contributed by atoms with van der Waals surface area (Å²) >= 11 is 3.44. The van der Waals surface area contributed by atoms with Gasteiger partial charge in [-0.1, -0.05) is 0 Å². The fourth-order valence-corrected chi connectivity index (χ4v) is 3.22. The first kappa shape index (κ1) is 15.9. The van der Waals surface area contributed by atoms with Gasteiger partial charge in [0.1, 0.15) is 11.5 Å². The molecule has 1 aliphatic rings. The van der Waals surface area contributed by atoms with Gasteiger partial charge in [-0.3, -0.25) is 9.78 Å². The maximum Gasteiger partial charge on any atom is 0.271 e. The second-order valence-electron chi connectivity index (χ2n) is 5.62. The Morgan fingerprint density at radius 1 is 1.26 bits per heavy atom. The lowest BCUT2D eigenvalue weighted by Gasteiger charge is -2.33. The summed E-state index contributed by atoms with van der Waals surface area (Å²) in [5, 5.41) is 3.03. The largest absolute Gasteiger partial charge is 0.356 e. The van der Waals surface area contributed by atoms with Crippen molar-refractivity contribution in [2.24, 2.45) is 0 Å². The van der Waals surface area contributed by atoms with E-state index >= 15 is 0 Å². The fourth-order valence-electron chi connectivity index (χ4n) is 2.78. The number of pyridine rings is 1. The van der Waals surface area contributed by atoms with Gasteiger partial charge in [0, 0.05) is 42.2 Å². The average molecular weight is 376 g/mol. The van der Waals surface area contributed by atoms with Crippen LogP contribution in [-0.2, 0) is 0 Å². The third-order valence-electron chi connectivity index (χ3n) is 3.94. The predicted molar refractivity (Wildman–Crippen MR) is 91.4 cm³/mol. The molecule has 1 fully saturated rings. The number of piperidine rings is 1. The van der Waals surface area contributed by atoms with Gasteiger partial charge in [-0.05, 0) is 47.3 Å². The molecule has 120 valence electrons. The number of aryl methyl sites for hydroxylation is 1. The first-order valence-corrected chi connectivity index (χ1v) is 8.37. The highest BCUT2D eigenvalue weighted by molar-refractivity contribution is 9.10. The molecule has 0 spiro atoms. The summed E-state index contributed by atoms with van der Waals surface area (Å²) < 4.78 is 0.991. The van der Waals surface area contributed by atoms with Crippen LogP contribution in [0.5, 0.6) is 0 Å². The van der Waals surface area contributed by atoms with Gasteiger partial charge in [0.15, 0.2) is 0 Å². The van der Waals surface area contributed by atoms with Crippen molar-refractivity contribution in [2.75, 3.05) is 18.0 Å². The van der Waals surface area contributed by atoms with Gasteiger partial charge in [0.2, 0.25) is 0 Å². The van der Waals surface area contributed by atoms with Crippen molar-refractivity contribution >= 4 is 27.7 Å². The number of nitrogens with one attached hydrogen (secondary N) is 1. The average Bonchev–Trinajstić information content (AvgIpc) is 2.57. The maximum atomic E-state index is 12.1. The van der Waals surface area contributed by atoms with Gasteiger partial charge in [0.05, 0.1) is 6.20 Å². The van der Waals surface area contributed by atoms with E-state index in [1.165, 1.54) is 12.4 Å². The number of hydrogen-bond donors (Lipinski definition) is 1. The molecule has 0 saturated carbocycles. The van der Waals surface area contributed by atoms with Crippen LogP contribution >= 0.6 is 15.9 Å². The van der Waals surface area contributed by atoms with Gasteiger partial charge in [-0.15, -0.1) is 0 Å². The van der Waals surface area contributed by atoms with Gasteiger partial charge in [-0.25, -0.2) is 9.97 Å². The molecule has 0 bridgehead atoms. The molecule has 1 aliphatic heterocycles. The number of halogens is 1. The second kappa shape index (κ2) is 7.04. The smallest absolute Gasteiger partial charge is 0.271 e. The lowest BCUT2D eigenvalue weighted by Crippen LogP contribution is -2.45. The van der Waals surface area contributed by atoms with E-state index in [0.29, 0.717) is 5.69 Å². The summed E-state index contributed by atoms with van der Waals surface area (Å²) in [6.07, 6.45) is 8.18. The van der Waals surface area contributed by atoms with Crippen LogP contribution in [-0.4, -0.2) is 40.0 Å². The van der Waals surface area contributed by atoms with Gasteiger partial charge >= 0.3 is 0 Å². The van der Waals surface area contributed by atoms with Crippen LogP contribution in [0.1, 0.15) is 28.9 Å². The Morgan fingerprint density at radius 3 is 2.70 bits per heavy atom. The lowest BCUT2D eigenvalue weighted by molar-refractivity contribution is 0.0925. The number of amides is 1. The Labute approximate surface area is 143 Å². The molecule has 0 aliphatic carbocycles. The zero-order chi connectivity index (χ0) is 16.2. The Bertz CT molecular complexity index is 686. The summed E-state index contributed by atoms with van der Waals surface area (Å²) in [6.45, 7) is 3.82. The van der Waals surface area contributed by atoms with E-state index in [1.54, 1.807) is 6.20 Å². The van der Waals surface area contributed by atoms with E-state index in [4.69, 9.17) is 0 Å². The summed E-state index contributed by atoms with van der Waals surface area (Å²) in [5.41, 5.74) is 1.52. The number of carbonyl (C=O) groups is 1. The second-order valence-corrected chi connectivity index (χ2v) is 6.54. The summed E-state index contributed by atoms with van der Waals surface area (Å²) in [4.78, 5) is 26.8. The van der Waals surface area contributed by atoms with E-state index in [-0.39, 0.29) is 11.9 Å². The number of hydrogen-bond acceptors (Lipinski definition) is 5. The minimum absolute atomic E-state index is 0.158. The van der Waals surface area contributed by atoms with E-state index in [9.17, 15) is 4.79 Å². The van der Waals surface area contributed by atoms with E-state index < -0.39 is 0 Å². The summed E-state index contributed by atoms with van der Waals surface area (Å²) in [6, 6.07) is 2.24. The van der Waals surface area contributed by atoms with E-state index in [2.05, 4.69) is 54.1 Å². The third-order valence-corrected chi connectivity index (χ3v) is 4.38. The molecule has 2 aromatic rings. The molecule has 1 N–H and O–H groups in total. The minimum Gasteiger partial charge on any atom is -0.356 e. The molecule has 3 rings (SSSR count). The molecule has 0 aromatic carbocycles. The van der Waals surface area contributed by atoms with Crippen LogP contribution in [0, 0.1) is 6.92 Å². The van der Waals surface area contributed by atoms with E-state index in [1.807, 2.05) is 6.20 Å². The molecule has 2 aromatic heterocycles. The zero-order valence-electron chi connectivity index (χ0n) is 12.9. The molecule has 1 saturated heterocycles. The van der Waals surface area contributed by atoms with Crippen molar-refractivity contribution < 1.29 is 4.79 Å². The third kappa shape index (κ3) is 3.85.